The maximum Gasteiger partial charge on any atom is 0.275 e. The van der Waals surface area contributed by atoms with Gasteiger partial charge in [0.15, 0.2) is 0 Å². The largest absolute Gasteiger partial charge is 0.396 e. The van der Waals surface area contributed by atoms with Crippen LogP contribution in [0.15, 0.2) is 18.2 Å². The van der Waals surface area contributed by atoms with Gasteiger partial charge >= 0.3 is 0 Å². The quantitative estimate of drug-likeness (QED) is 0.453. The van der Waals surface area contributed by atoms with Crippen LogP contribution in [0.2, 0.25) is 5.02 Å². The number of nitro benzene ring substituents is 1. The van der Waals surface area contributed by atoms with Crippen LogP contribution < -0.4 is 0 Å². The Labute approximate surface area is 117 Å². The van der Waals surface area contributed by atoms with Crippen molar-refractivity contribution in [3.05, 3.63) is 38.9 Å². The van der Waals surface area contributed by atoms with E-state index in [1.165, 1.54) is 6.07 Å². The molecule has 0 spiro atoms. The van der Waals surface area contributed by atoms with Crippen molar-refractivity contribution in [3.8, 4) is 0 Å². The van der Waals surface area contributed by atoms with Gasteiger partial charge in [0.05, 0.1) is 4.92 Å². The molecule has 0 aromatic heterocycles. The fraction of sp³-hybridized carbons (Fsp3) is 0.538. The molecule has 0 fully saturated rings. The fourth-order valence-electron chi connectivity index (χ4n) is 1.88. The second-order valence-electron chi connectivity index (χ2n) is 4.55. The molecule has 0 bridgehead atoms. The first-order valence-electron chi connectivity index (χ1n) is 6.27. The summed E-state index contributed by atoms with van der Waals surface area (Å²) in [5.41, 5.74) is 0.730. The maximum absolute atomic E-state index is 11.0. The van der Waals surface area contributed by atoms with Crippen LogP contribution in [0.3, 0.4) is 0 Å². The van der Waals surface area contributed by atoms with Crippen molar-refractivity contribution in [2.24, 2.45) is 0 Å². The number of rotatable bonds is 8. The van der Waals surface area contributed by atoms with Crippen LogP contribution in [0.25, 0.3) is 0 Å². The molecular weight excluding hydrogens is 268 g/mol. The number of aliphatic hydroxyl groups is 1. The number of hydrogen-bond donors (Lipinski definition) is 1. The van der Waals surface area contributed by atoms with Gasteiger partial charge in [0.2, 0.25) is 0 Å². The number of unbranched alkanes of at least 4 members (excludes halogenated alkanes) is 2. The summed E-state index contributed by atoms with van der Waals surface area (Å²) in [5.74, 6) is 0. The van der Waals surface area contributed by atoms with Gasteiger partial charge in [0.1, 0.15) is 0 Å². The van der Waals surface area contributed by atoms with Gasteiger partial charge in [0, 0.05) is 29.8 Å². The van der Waals surface area contributed by atoms with Crippen LogP contribution >= 0.6 is 11.6 Å². The predicted molar refractivity (Wildman–Crippen MR) is 75.4 cm³/mol. The Hall–Kier alpha value is -1.17. The van der Waals surface area contributed by atoms with Gasteiger partial charge in [-0.15, -0.1) is 0 Å². The molecule has 106 valence electrons. The zero-order chi connectivity index (χ0) is 14.3. The van der Waals surface area contributed by atoms with E-state index in [4.69, 9.17) is 16.7 Å². The van der Waals surface area contributed by atoms with Gasteiger partial charge in [-0.3, -0.25) is 10.1 Å². The molecule has 0 atom stereocenters. The van der Waals surface area contributed by atoms with Crippen molar-refractivity contribution in [1.82, 2.24) is 4.90 Å². The third-order valence-corrected chi connectivity index (χ3v) is 3.12. The summed E-state index contributed by atoms with van der Waals surface area (Å²) in [6.07, 6.45) is 2.73. The zero-order valence-corrected chi connectivity index (χ0v) is 11.8. The summed E-state index contributed by atoms with van der Waals surface area (Å²) in [7, 11) is 1.93. The van der Waals surface area contributed by atoms with Crippen molar-refractivity contribution in [2.45, 2.75) is 25.8 Å². The normalized spacial score (nSPS) is 10.9. The van der Waals surface area contributed by atoms with Crippen LogP contribution in [0.5, 0.6) is 0 Å². The van der Waals surface area contributed by atoms with Crippen molar-refractivity contribution < 1.29 is 10.0 Å². The summed E-state index contributed by atoms with van der Waals surface area (Å²) < 4.78 is 0. The van der Waals surface area contributed by atoms with E-state index in [0.717, 1.165) is 25.8 Å². The standard InChI is InChI=1S/C13H19ClN2O3/c1-15(7-3-2-4-8-17)10-11-5-6-12(14)9-13(11)16(18)19/h5-6,9,17H,2-4,7-8,10H2,1H3. The van der Waals surface area contributed by atoms with E-state index in [1.807, 2.05) is 11.9 Å². The number of nitro groups is 1. The average Bonchev–Trinajstić information content (AvgIpc) is 2.36. The van der Waals surface area contributed by atoms with Gasteiger partial charge in [-0.25, -0.2) is 0 Å². The molecule has 0 aliphatic heterocycles. The second-order valence-corrected chi connectivity index (χ2v) is 4.99. The summed E-state index contributed by atoms with van der Waals surface area (Å²) in [4.78, 5) is 12.6. The number of hydrogen-bond acceptors (Lipinski definition) is 4. The minimum absolute atomic E-state index is 0.0645. The highest BCUT2D eigenvalue weighted by Crippen LogP contribution is 2.24. The fourth-order valence-corrected chi connectivity index (χ4v) is 2.05. The SMILES string of the molecule is CN(CCCCCO)Cc1ccc(Cl)cc1[N+](=O)[O-]. The van der Waals surface area contributed by atoms with Crippen LogP contribution in [-0.4, -0.2) is 35.1 Å². The summed E-state index contributed by atoms with van der Waals surface area (Å²) in [5, 5.41) is 20.0. The lowest BCUT2D eigenvalue weighted by atomic mass is 10.1. The smallest absolute Gasteiger partial charge is 0.275 e. The average molecular weight is 287 g/mol. The van der Waals surface area contributed by atoms with Crippen LogP contribution in [0.4, 0.5) is 5.69 Å². The molecule has 0 heterocycles. The minimum Gasteiger partial charge on any atom is -0.396 e. The zero-order valence-electron chi connectivity index (χ0n) is 11.0. The lowest BCUT2D eigenvalue weighted by Gasteiger charge is -2.16. The van der Waals surface area contributed by atoms with Gasteiger partial charge in [-0.1, -0.05) is 11.6 Å². The van der Waals surface area contributed by atoms with Gasteiger partial charge in [0.25, 0.3) is 5.69 Å². The van der Waals surface area contributed by atoms with Crippen LogP contribution in [-0.2, 0) is 6.54 Å². The van der Waals surface area contributed by atoms with Crippen molar-refractivity contribution in [2.75, 3.05) is 20.2 Å². The Kier molecular flexibility index (Phi) is 6.77. The molecule has 1 rings (SSSR count). The molecule has 0 radical (unpaired) electrons. The number of benzene rings is 1. The van der Waals surface area contributed by atoms with Crippen molar-refractivity contribution in [3.63, 3.8) is 0 Å². The van der Waals surface area contributed by atoms with E-state index in [2.05, 4.69) is 0 Å². The van der Waals surface area contributed by atoms with E-state index in [1.54, 1.807) is 12.1 Å². The lowest BCUT2D eigenvalue weighted by Crippen LogP contribution is -2.19. The predicted octanol–water partition coefficient (Wildman–Crippen LogP) is 2.84. The number of nitrogens with zero attached hydrogens (tertiary/aromatic N) is 2. The molecule has 1 N–H and O–H groups in total. The summed E-state index contributed by atoms with van der Waals surface area (Å²) in [6, 6.07) is 4.75. The third-order valence-electron chi connectivity index (χ3n) is 2.88. The molecule has 0 unspecified atom stereocenters. The van der Waals surface area contributed by atoms with E-state index < -0.39 is 4.92 Å². The van der Waals surface area contributed by atoms with Crippen LogP contribution in [0.1, 0.15) is 24.8 Å². The molecule has 0 saturated heterocycles. The third kappa shape index (κ3) is 5.55. The first-order valence-corrected chi connectivity index (χ1v) is 6.64. The van der Waals surface area contributed by atoms with Gasteiger partial charge < -0.3 is 10.0 Å². The highest BCUT2D eigenvalue weighted by atomic mass is 35.5. The molecule has 1 aromatic carbocycles. The second kappa shape index (κ2) is 8.09. The van der Waals surface area contributed by atoms with E-state index in [9.17, 15) is 10.1 Å². The van der Waals surface area contributed by atoms with E-state index in [-0.39, 0.29) is 12.3 Å². The highest BCUT2D eigenvalue weighted by Gasteiger charge is 2.15. The minimum atomic E-state index is -0.402. The molecule has 19 heavy (non-hydrogen) atoms. The molecule has 1 aromatic rings. The molecule has 0 saturated carbocycles. The van der Waals surface area contributed by atoms with Gasteiger partial charge in [-0.2, -0.15) is 0 Å². The number of aliphatic hydroxyl groups excluding tert-OH is 1. The Morgan fingerprint density at radius 1 is 1.37 bits per heavy atom. The lowest BCUT2D eigenvalue weighted by molar-refractivity contribution is -0.385. The monoisotopic (exact) mass is 286 g/mol. The van der Waals surface area contributed by atoms with E-state index >= 15 is 0 Å². The van der Waals surface area contributed by atoms with Crippen molar-refractivity contribution >= 4 is 17.3 Å². The first-order chi connectivity index (χ1) is 9.04. The maximum atomic E-state index is 11.0. The van der Waals surface area contributed by atoms with E-state index in [0.29, 0.717) is 17.1 Å². The molecular formula is C13H19ClN2O3. The Bertz CT molecular complexity index is 426. The molecule has 6 heteroatoms. The Balaban J connectivity index is 2.58. The first kappa shape index (κ1) is 15.9. The molecule has 0 aliphatic carbocycles. The summed E-state index contributed by atoms with van der Waals surface area (Å²) >= 11 is 5.77. The van der Waals surface area contributed by atoms with Crippen LogP contribution in [0, 0.1) is 10.1 Å². The number of halogens is 1. The molecule has 0 amide bonds. The topological polar surface area (TPSA) is 66.6 Å². The molecule has 5 nitrogen and oxygen atoms in total. The Morgan fingerprint density at radius 2 is 2.11 bits per heavy atom. The highest BCUT2D eigenvalue weighted by molar-refractivity contribution is 6.30. The molecule has 0 aliphatic rings. The summed E-state index contributed by atoms with van der Waals surface area (Å²) in [6.45, 7) is 1.58. The van der Waals surface area contributed by atoms with Gasteiger partial charge in [-0.05, 0) is 45.0 Å². The van der Waals surface area contributed by atoms with Crippen molar-refractivity contribution in [1.29, 1.82) is 0 Å². The Morgan fingerprint density at radius 3 is 2.74 bits per heavy atom.